The molecule has 1 aliphatic carbocycles. The van der Waals surface area contributed by atoms with Gasteiger partial charge in [-0.05, 0) is 71.3 Å². The summed E-state index contributed by atoms with van der Waals surface area (Å²) in [7, 11) is 1.39. The van der Waals surface area contributed by atoms with Gasteiger partial charge < -0.3 is 19.1 Å². The Labute approximate surface area is 238 Å². The van der Waals surface area contributed by atoms with E-state index in [0.717, 1.165) is 44.5 Å². The van der Waals surface area contributed by atoms with E-state index in [-0.39, 0.29) is 11.9 Å². The summed E-state index contributed by atoms with van der Waals surface area (Å²) in [4.78, 5) is 24.2. The van der Waals surface area contributed by atoms with Gasteiger partial charge in [-0.3, -0.25) is 4.79 Å². The Kier molecular flexibility index (Phi) is 7.30. The van der Waals surface area contributed by atoms with Gasteiger partial charge in [-0.2, -0.15) is 0 Å². The summed E-state index contributed by atoms with van der Waals surface area (Å²) >= 11 is 0. The molecule has 6 nitrogen and oxygen atoms in total. The van der Waals surface area contributed by atoms with Crippen molar-refractivity contribution in [3.05, 3.63) is 125 Å². The SMILES string of the molecule is COC(=O)c1ccccc1-c1ccc(Cn2c3c(c4cc(OCc5ccccc5)ccc42)CC(C(=O)O)CC3)cc1. The Hall–Kier alpha value is -4.84. The van der Waals surface area contributed by atoms with E-state index in [0.29, 0.717) is 38.0 Å². The zero-order valence-electron chi connectivity index (χ0n) is 22.9. The Morgan fingerprint density at radius 2 is 1.66 bits per heavy atom. The fourth-order valence-electron chi connectivity index (χ4n) is 5.85. The molecule has 5 aromatic rings. The van der Waals surface area contributed by atoms with E-state index >= 15 is 0 Å². The molecule has 0 aliphatic heterocycles. The van der Waals surface area contributed by atoms with Crippen LogP contribution in [0.25, 0.3) is 22.0 Å². The van der Waals surface area contributed by atoms with Gasteiger partial charge in [-0.25, -0.2) is 4.79 Å². The number of carbonyl (C=O) groups is 2. The standard InChI is InChI=1S/C35H31NO5/c1-40-35(39)29-10-6-5-9-28(29)25-13-11-23(12-14-25)21-36-32-17-15-26(34(37)38)19-30(32)31-20-27(16-18-33(31)36)41-22-24-7-3-2-4-8-24/h2-14,16,18,20,26H,15,17,19,21-22H2,1H3,(H,37,38). The molecule has 0 saturated heterocycles. The second-order valence-electron chi connectivity index (χ2n) is 10.5. The van der Waals surface area contributed by atoms with E-state index in [1.165, 1.54) is 12.8 Å². The van der Waals surface area contributed by atoms with Crippen molar-refractivity contribution < 1.29 is 24.2 Å². The number of nitrogens with zero attached hydrogens (tertiary/aromatic N) is 1. The number of aliphatic carboxylic acids is 1. The van der Waals surface area contributed by atoms with Gasteiger partial charge in [-0.1, -0.05) is 72.8 Å². The van der Waals surface area contributed by atoms with E-state index in [2.05, 4.69) is 28.8 Å². The minimum atomic E-state index is -0.740. The van der Waals surface area contributed by atoms with Crippen molar-refractivity contribution in [3.8, 4) is 16.9 Å². The van der Waals surface area contributed by atoms with Gasteiger partial charge in [0.2, 0.25) is 0 Å². The molecule has 6 heteroatoms. The summed E-state index contributed by atoms with van der Waals surface area (Å²) in [5.74, 6) is -0.713. The van der Waals surface area contributed by atoms with Crippen LogP contribution in [-0.2, 0) is 35.5 Å². The van der Waals surface area contributed by atoms with Crippen LogP contribution in [0.1, 0.15) is 39.2 Å². The molecule has 1 aromatic heterocycles. The summed E-state index contributed by atoms with van der Waals surface area (Å²) in [6, 6.07) is 31.9. The van der Waals surface area contributed by atoms with Crippen LogP contribution < -0.4 is 4.74 Å². The molecular weight excluding hydrogens is 514 g/mol. The fraction of sp³-hybridized carbons (Fsp3) is 0.200. The minimum absolute atomic E-state index is 0.359. The maximum atomic E-state index is 12.3. The number of carbonyl (C=O) groups excluding carboxylic acids is 1. The van der Waals surface area contributed by atoms with Gasteiger partial charge in [-0.15, -0.1) is 0 Å². The number of rotatable bonds is 8. The molecule has 4 aromatic carbocycles. The fourth-order valence-corrected chi connectivity index (χ4v) is 5.85. The number of hydrogen-bond donors (Lipinski definition) is 1. The van der Waals surface area contributed by atoms with E-state index in [4.69, 9.17) is 9.47 Å². The third-order valence-corrected chi connectivity index (χ3v) is 7.97. The lowest BCUT2D eigenvalue weighted by Gasteiger charge is -2.21. The van der Waals surface area contributed by atoms with Crippen molar-refractivity contribution in [2.75, 3.05) is 7.11 Å². The summed E-state index contributed by atoms with van der Waals surface area (Å²) in [6.45, 7) is 1.13. The third-order valence-electron chi connectivity index (χ3n) is 7.97. The van der Waals surface area contributed by atoms with Crippen molar-refractivity contribution in [1.29, 1.82) is 0 Å². The second kappa shape index (κ2) is 11.3. The smallest absolute Gasteiger partial charge is 0.338 e. The maximum Gasteiger partial charge on any atom is 0.338 e. The van der Waals surface area contributed by atoms with Crippen molar-refractivity contribution in [1.82, 2.24) is 4.57 Å². The Bertz CT molecular complexity index is 1720. The molecule has 0 spiro atoms. The van der Waals surface area contributed by atoms with Crippen LogP contribution in [-0.4, -0.2) is 28.7 Å². The molecule has 0 amide bonds. The number of esters is 1. The van der Waals surface area contributed by atoms with Crippen LogP contribution in [0.15, 0.2) is 97.1 Å². The van der Waals surface area contributed by atoms with Crippen LogP contribution in [0.4, 0.5) is 0 Å². The number of methoxy groups -OCH3 is 1. The van der Waals surface area contributed by atoms with Crippen molar-refractivity contribution in [2.24, 2.45) is 5.92 Å². The van der Waals surface area contributed by atoms with Crippen LogP contribution >= 0.6 is 0 Å². The normalized spacial score (nSPS) is 14.4. The number of carboxylic acid groups (broad SMARTS) is 1. The lowest BCUT2D eigenvalue weighted by atomic mass is 9.86. The maximum absolute atomic E-state index is 12.3. The Morgan fingerprint density at radius 3 is 2.41 bits per heavy atom. The van der Waals surface area contributed by atoms with Crippen LogP contribution in [0, 0.1) is 5.92 Å². The molecular formula is C35H31NO5. The van der Waals surface area contributed by atoms with E-state index in [9.17, 15) is 14.7 Å². The predicted molar refractivity (Wildman–Crippen MR) is 158 cm³/mol. The van der Waals surface area contributed by atoms with Crippen LogP contribution in [0.2, 0.25) is 0 Å². The van der Waals surface area contributed by atoms with Crippen LogP contribution in [0.3, 0.4) is 0 Å². The molecule has 0 saturated carbocycles. The molecule has 0 fully saturated rings. The molecule has 1 unspecified atom stereocenters. The van der Waals surface area contributed by atoms with Gasteiger partial charge in [0.1, 0.15) is 12.4 Å². The molecule has 1 atom stereocenters. The Morgan fingerprint density at radius 1 is 0.902 bits per heavy atom. The summed E-state index contributed by atoms with van der Waals surface area (Å²) in [5.41, 5.74) is 7.89. The van der Waals surface area contributed by atoms with Gasteiger partial charge in [0.05, 0.1) is 18.6 Å². The van der Waals surface area contributed by atoms with E-state index in [1.807, 2.05) is 66.7 Å². The largest absolute Gasteiger partial charge is 0.489 e. The highest BCUT2D eigenvalue weighted by atomic mass is 16.5. The third kappa shape index (κ3) is 5.33. The number of hydrogen-bond acceptors (Lipinski definition) is 4. The number of benzene rings is 4. The van der Waals surface area contributed by atoms with Crippen molar-refractivity contribution in [3.63, 3.8) is 0 Å². The molecule has 6 rings (SSSR count). The highest BCUT2D eigenvalue weighted by Gasteiger charge is 2.29. The Balaban J connectivity index is 1.32. The van der Waals surface area contributed by atoms with Crippen molar-refractivity contribution in [2.45, 2.75) is 32.4 Å². The summed E-state index contributed by atoms with van der Waals surface area (Å²) in [6.07, 6.45) is 1.85. The topological polar surface area (TPSA) is 77.8 Å². The quantitative estimate of drug-likeness (QED) is 0.214. The lowest BCUT2D eigenvalue weighted by molar-refractivity contribution is -0.142. The number of ether oxygens (including phenoxy) is 2. The summed E-state index contributed by atoms with van der Waals surface area (Å²) in [5, 5.41) is 10.8. The first kappa shape index (κ1) is 26.4. The molecule has 0 bridgehead atoms. The monoisotopic (exact) mass is 545 g/mol. The average molecular weight is 546 g/mol. The first-order valence-corrected chi connectivity index (χ1v) is 13.8. The van der Waals surface area contributed by atoms with Gasteiger partial charge in [0, 0.05) is 23.1 Å². The van der Waals surface area contributed by atoms with Gasteiger partial charge >= 0.3 is 11.9 Å². The van der Waals surface area contributed by atoms with Gasteiger partial charge in [0.25, 0.3) is 0 Å². The number of aromatic nitrogens is 1. The zero-order chi connectivity index (χ0) is 28.3. The molecule has 1 heterocycles. The molecule has 41 heavy (non-hydrogen) atoms. The van der Waals surface area contributed by atoms with Crippen LogP contribution in [0.5, 0.6) is 5.75 Å². The minimum Gasteiger partial charge on any atom is -0.489 e. The molecule has 1 N–H and O–H groups in total. The molecule has 1 aliphatic rings. The lowest BCUT2D eigenvalue weighted by Crippen LogP contribution is -2.23. The molecule has 206 valence electrons. The predicted octanol–water partition coefficient (Wildman–Crippen LogP) is 6.91. The highest BCUT2D eigenvalue weighted by molar-refractivity contribution is 5.97. The van der Waals surface area contributed by atoms with Gasteiger partial charge in [0.15, 0.2) is 0 Å². The van der Waals surface area contributed by atoms with Crippen molar-refractivity contribution >= 4 is 22.8 Å². The molecule has 0 radical (unpaired) electrons. The highest BCUT2D eigenvalue weighted by Crippen LogP contribution is 2.37. The van der Waals surface area contributed by atoms with E-state index < -0.39 is 5.97 Å². The first-order valence-electron chi connectivity index (χ1n) is 13.8. The average Bonchev–Trinajstić information content (AvgIpc) is 3.32. The number of carboxylic acids is 1. The van der Waals surface area contributed by atoms with E-state index in [1.54, 1.807) is 6.07 Å². The second-order valence-corrected chi connectivity index (χ2v) is 10.5. The summed E-state index contributed by atoms with van der Waals surface area (Å²) < 4.78 is 13.4. The number of fused-ring (bicyclic) bond motifs is 3. The zero-order valence-corrected chi connectivity index (χ0v) is 22.9. The first-order chi connectivity index (χ1) is 20.0.